The Morgan fingerprint density at radius 2 is 2.00 bits per heavy atom. The summed E-state index contributed by atoms with van der Waals surface area (Å²) >= 11 is 1.77. The van der Waals surface area contributed by atoms with E-state index in [1.165, 1.54) is 0 Å². The van der Waals surface area contributed by atoms with E-state index in [0.717, 1.165) is 17.7 Å². The van der Waals surface area contributed by atoms with Crippen LogP contribution in [0.2, 0.25) is 0 Å². The molecule has 0 atom stereocenters. The Labute approximate surface area is 81.3 Å². The molecule has 0 aliphatic heterocycles. The monoisotopic (exact) mass is 197 g/mol. The molecule has 0 saturated heterocycles. The summed E-state index contributed by atoms with van der Waals surface area (Å²) in [7, 11) is 0. The molecular formula is C9H11NO2S. The molecule has 4 heteroatoms. The highest BCUT2D eigenvalue weighted by Crippen LogP contribution is 2.13. The van der Waals surface area contributed by atoms with Gasteiger partial charge in [-0.2, -0.15) is 11.8 Å². The molecule has 0 aliphatic carbocycles. The number of hydrogen-bond acceptors (Lipinski definition) is 3. The van der Waals surface area contributed by atoms with Crippen molar-refractivity contribution in [1.29, 1.82) is 0 Å². The molecule has 70 valence electrons. The molecule has 0 bridgehead atoms. The molecule has 0 N–H and O–H groups in total. The average Bonchev–Trinajstić information content (AvgIpc) is 2.15. The maximum Gasteiger partial charge on any atom is 0.269 e. The average molecular weight is 197 g/mol. The van der Waals surface area contributed by atoms with Crippen LogP contribution in [0.5, 0.6) is 0 Å². The van der Waals surface area contributed by atoms with Crippen molar-refractivity contribution in [3.05, 3.63) is 39.9 Å². The maximum absolute atomic E-state index is 10.3. The quantitative estimate of drug-likeness (QED) is 0.550. The fraction of sp³-hybridized carbons (Fsp3) is 0.333. The van der Waals surface area contributed by atoms with Gasteiger partial charge in [-0.15, -0.1) is 0 Å². The van der Waals surface area contributed by atoms with Crippen LogP contribution in [-0.2, 0) is 6.42 Å². The van der Waals surface area contributed by atoms with Gasteiger partial charge in [-0.3, -0.25) is 10.1 Å². The molecule has 1 rings (SSSR count). The Kier molecular flexibility index (Phi) is 3.76. The van der Waals surface area contributed by atoms with Crippen LogP contribution >= 0.6 is 11.8 Å². The molecule has 1 aromatic rings. The number of nitrogens with zero attached hydrogens (tertiary/aromatic N) is 1. The minimum absolute atomic E-state index is 0.160. The van der Waals surface area contributed by atoms with E-state index >= 15 is 0 Å². The number of nitro groups is 1. The van der Waals surface area contributed by atoms with Crippen molar-refractivity contribution in [3.63, 3.8) is 0 Å². The molecule has 0 saturated carbocycles. The van der Waals surface area contributed by atoms with Crippen molar-refractivity contribution in [1.82, 2.24) is 0 Å². The van der Waals surface area contributed by atoms with Gasteiger partial charge in [-0.05, 0) is 24.0 Å². The fourth-order valence-corrected chi connectivity index (χ4v) is 1.44. The molecule has 0 heterocycles. The number of aryl methyl sites for hydroxylation is 1. The van der Waals surface area contributed by atoms with Crippen molar-refractivity contribution in [2.75, 3.05) is 12.0 Å². The van der Waals surface area contributed by atoms with Crippen LogP contribution in [0.4, 0.5) is 5.69 Å². The lowest BCUT2D eigenvalue weighted by Gasteiger charge is -1.98. The van der Waals surface area contributed by atoms with Crippen LogP contribution in [-0.4, -0.2) is 16.9 Å². The molecule has 0 unspecified atom stereocenters. The summed E-state index contributed by atoms with van der Waals surface area (Å²) in [4.78, 5) is 9.95. The summed E-state index contributed by atoms with van der Waals surface area (Å²) in [6, 6.07) is 6.73. The van der Waals surface area contributed by atoms with Crippen LogP contribution in [0.3, 0.4) is 0 Å². The van der Waals surface area contributed by atoms with Gasteiger partial charge in [0.1, 0.15) is 0 Å². The van der Waals surface area contributed by atoms with Gasteiger partial charge < -0.3 is 0 Å². The normalized spacial score (nSPS) is 9.92. The van der Waals surface area contributed by atoms with E-state index < -0.39 is 0 Å². The first-order valence-corrected chi connectivity index (χ1v) is 5.35. The second kappa shape index (κ2) is 4.87. The summed E-state index contributed by atoms with van der Waals surface area (Å²) in [5.74, 6) is 1.05. The van der Waals surface area contributed by atoms with Gasteiger partial charge in [0, 0.05) is 12.1 Å². The Morgan fingerprint density at radius 3 is 2.46 bits per heavy atom. The highest BCUT2D eigenvalue weighted by molar-refractivity contribution is 7.98. The Morgan fingerprint density at radius 1 is 1.38 bits per heavy atom. The molecule has 0 radical (unpaired) electrons. The Hall–Kier alpha value is -1.03. The summed E-state index contributed by atoms with van der Waals surface area (Å²) in [6.45, 7) is 0. The highest BCUT2D eigenvalue weighted by atomic mass is 32.2. The van der Waals surface area contributed by atoms with E-state index in [0.29, 0.717) is 0 Å². The molecule has 0 amide bonds. The molecular weight excluding hydrogens is 186 g/mol. The lowest BCUT2D eigenvalue weighted by atomic mass is 10.1. The summed E-state index contributed by atoms with van der Waals surface area (Å²) in [6.07, 6.45) is 3.02. The number of benzene rings is 1. The largest absolute Gasteiger partial charge is 0.269 e. The predicted molar refractivity (Wildman–Crippen MR) is 55.2 cm³/mol. The number of nitro benzene ring substituents is 1. The number of hydrogen-bond donors (Lipinski definition) is 0. The SMILES string of the molecule is CSCCc1ccc([N+](=O)[O-])cc1. The second-order valence-electron chi connectivity index (χ2n) is 2.67. The summed E-state index contributed by atoms with van der Waals surface area (Å²) < 4.78 is 0. The Balaban J connectivity index is 2.64. The van der Waals surface area contributed by atoms with Crippen LogP contribution in [0.15, 0.2) is 24.3 Å². The van der Waals surface area contributed by atoms with Crippen LogP contribution in [0, 0.1) is 10.1 Å². The summed E-state index contributed by atoms with van der Waals surface area (Å²) in [5.41, 5.74) is 1.31. The van der Waals surface area contributed by atoms with Crippen molar-refractivity contribution >= 4 is 17.4 Å². The van der Waals surface area contributed by atoms with E-state index in [2.05, 4.69) is 0 Å². The molecule has 0 spiro atoms. The van der Waals surface area contributed by atoms with E-state index in [1.807, 2.05) is 18.4 Å². The van der Waals surface area contributed by atoms with Crippen LogP contribution in [0.25, 0.3) is 0 Å². The van der Waals surface area contributed by atoms with E-state index in [1.54, 1.807) is 23.9 Å². The van der Waals surface area contributed by atoms with Gasteiger partial charge in [0.2, 0.25) is 0 Å². The predicted octanol–water partition coefficient (Wildman–Crippen LogP) is 2.50. The summed E-state index contributed by atoms with van der Waals surface area (Å²) in [5, 5.41) is 10.3. The first kappa shape index (κ1) is 10.1. The van der Waals surface area contributed by atoms with Crippen molar-refractivity contribution < 1.29 is 4.92 Å². The third kappa shape index (κ3) is 3.06. The van der Waals surface area contributed by atoms with Crippen molar-refractivity contribution in [2.24, 2.45) is 0 Å². The lowest BCUT2D eigenvalue weighted by molar-refractivity contribution is -0.384. The number of thioether (sulfide) groups is 1. The van der Waals surface area contributed by atoms with Gasteiger partial charge in [0.05, 0.1) is 4.92 Å². The van der Waals surface area contributed by atoms with E-state index in [4.69, 9.17) is 0 Å². The van der Waals surface area contributed by atoms with Crippen molar-refractivity contribution in [2.45, 2.75) is 6.42 Å². The molecule has 0 aliphatic rings. The smallest absolute Gasteiger partial charge is 0.258 e. The third-order valence-corrected chi connectivity index (χ3v) is 2.35. The molecule has 3 nitrogen and oxygen atoms in total. The van der Waals surface area contributed by atoms with Gasteiger partial charge >= 0.3 is 0 Å². The maximum atomic E-state index is 10.3. The fourth-order valence-electron chi connectivity index (χ4n) is 1.00. The zero-order chi connectivity index (χ0) is 9.68. The second-order valence-corrected chi connectivity index (χ2v) is 3.65. The topological polar surface area (TPSA) is 43.1 Å². The van der Waals surface area contributed by atoms with E-state index in [9.17, 15) is 10.1 Å². The zero-order valence-electron chi connectivity index (χ0n) is 7.40. The molecule has 13 heavy (non-hydrogen) atoms. The zero-order valence-corrected chi connectivity index (χ0v) is 8.21. The first-order chi connectivity index (χ1) is 6.24. The first-order valence-electron chi connectivity index (χ1n) is 3.96. The minimum Gasteiger partial charge on any atom is -0.258 e. The van der Waals surface area contributed by atoms with Gasteiger partial charge in [-0.1, -0.05) is 12.1 Å². The third-order valence-electron chi connectivity index (χ3n) is 1.74. The van der Waals surface area contributed by atoms with Crippen molar-refractivity contribution in [3.8, 4) is 0 Å². The molecule has 0 fully saturated rings. The number of non-ortho nitro benzene ring substituents is 1. The lowest BCUT2D eigenvalue weighted by Crippen LogP contribution is -1.90. The van der Waals surface area contributed by atoms with Crippen LogP contribution < -0.4 is 0 Å². The molecule has 1 aromatic carbocycles. The minimum atomic E-state index is -0.377. The highest BCUT2D eigenvalue weighted by Gasteiger charge is 2.02. The Bertz CT molecular complexity index is 284. The van der Waals surface area contributed by atoms with Gasteiger partial charge in [-0.25, -0.2) is 0 Å². The van der Waals surface area contributed by atoms with Gasteiger partial charge in [0.25, 0.3) is 5.69 Å². The number of rotatable bonds is 4. The molecule has 0 aromatic heterocycles. The standard InChI is InChI=1S/C9H11NO2S/c1-13-7-6-8-2-4-9(5-3-8)10(11)12/h2-5H,6-7H2,1H3. The van der Waals surface area contributed by atoms with Crippen LogP contribution in [0.1, 0.15) is 5.56 Å². The van der Waals surface area contributed by atoms with E-state index in [-0.39, 0.29) is 10.6 Å². The van der Waals surface area contributed by atoms with Gasteiger partial charge in [0.15, 0.2) is 0 Å².